The summed E-state index contributed by atoms with van der Waals surface area (Å²) >= 11 is 1.07. The maximum atomic E-state index is 12.8. The lowest BCUT2D eigenvalue weighted by atomic mass is 9.88. The second-order valence-corrected chi connectivity index (χ2v) is 10.6. The minimum absolute atomic E-state index is 0.116. The van der Waals surface area contributed by atoms with Gasteiger partial charge in [-0.15, -0.1) is 11.3 Å². The molecule has 1 atom stereocenters. The van der Waals surface area contributed by atoms with Crippen LogP contribution in [0.5, 0.6) is 0 Å². The maximum Gasteiger partial charge on any atom is 0.505 e. The van der Waals surface area contributed by atoms with E-state index in [1.807, 2.05) is 27.7 Å². The normalized spacial score (nSPS) is 26.2. The van der Waals surface area contributed by atoms with Gasteiger partial charge >= 0.3 is 13.1 Å². The first-order chi connectivity index (χ1) is 11.5. The van der Waals surface area contributed by atoms with Gasteiger partial charge in [0.15, 0.2) is 0 Å². The van der Waals surface area contributed by atoms with Crippen molar-refractivity contribution >= 4 is 39.2 Å². The minimum atomic E-state index is -3.84. The molecule has 138 valence electrons. The predicted molar refractivity (Wildman–Crippen MR) is 94.6 cm³/mol. The van der Waals surface area contributed by atoms with Crippen molar-refractivity contribution in [2.24, 2.45) is 0 Å². The zero-order valence-corrected chi connectivity index (χ0v) is 16.3. The number of nitrogens with zero attached hydrogens (tertiary/aromatic N) is 1. The summed E-state index contributed by atoms with van der Waals surface area (Å²) in [6, 6.07) is 2.18. The van der Waals surface area contributed by atoms with Gasteiger partial charge in [-0.3, -0.25) is 4.79 Å². The molecule has 2 saturated heterocycles. The molecule has 1 N–H and O–H groups in total. The van der Waals surface area contributed by atoms with E-state index < -0.39 is 40.4 Å². The molecule has 0 spiro atoms. The van der Waals surface area contributed by atoms with Crippen LogP contribution in [0.3, 0.4) is 0 Å². The molecule has 2 fully saturated rings. The highest BCUT2D eigenvalue weighted by molar-refractivity contribution is 7.91. The van der Waals surface area contributed by atoms with Gasteiger partial charge in [0.2, 0.25) is 0 Å². The third-order valence-electron chi connectivity index (χ3n) is 5.14. The SMILES string of the molecule is CC1(C)OB(c2ccc(S(=O)(=O)N3CCC[C@H]3C(=O)O)s2)OC1(C)C. The smallest absolute Gasteiger partial charge is 0.480 e. The number of carboxylic acid groups (broad SMARTS) is 1. The fraction of sp³-hybridized carbons (Fsp3) is 0.667. The zero-order valence-electron chi connectivity index (χ0n) is 14.7. The topological polar surface area (TPSA) is 93.1 Å². The molecule has 0 unspecified atom stereocenters. The molecule has 2 aliphatic heterocycles. The van der Waals surface area contributed by atoms with E-state index in [4.69, 9.17) is 9.31 Å². The van der Waals surface area contributed by atoms with Crippen molar-refractivity contribution in [1.29, 1.82) is 0 Å². The lowest BCUT2D eigenvalue weighted by molar-refractivity contribution is -0.140. The van der Waals surface area contributed by atoms with Crippen molar-refractivity contribution in [2.75, 3.05) is 6.54 Å². The molecule has 25 heavy (non-hydrogen) atoms. The summed E-state index contributed by atoms with van der Waals surface area (Å²) < 4.78 is 39.4. The van der Waals surface area contributed by atoms with E-state index in [0.29, 0.717) is 17.6 Å². The Morgan fingerprint density at radius 1 is 1.28 bits per heavy atom. The lowest BCUT2D eigenvalue weighted by Crippen LogP contribution is -2.41. The van der Waals surface area contributed by atoms with Gasteiger partial charge in [0.25, 0.3) is 10.0 Å². The summed E-state index contributed by atoms with van der Waals surface area (Å²) in [5.41, 5.74) is -1.02. The van der Waals surface area contributed by atoms with Crippen molar-refractivity contribution in [3.8, 4) is 0 Å². The quantitative estimate of drug-likeness (QED) is 0.783. The van der Waals surface area contributed by atoms with Gasteiger partial charge in [-0.2, -0.15) is 4.31 Å². The summed E-state index contributed by atoms with van der Waals surface area (Å²) in [7, 11) is -4.47. The Kier molecular flexibility index (Phi) is 4.56. The van der Waals surface area contributed by atoms with E-state index in [9.17, 15) is 18.3 Å². The highest BCUT2D eigenvalue weighted by Gasteiger charge is 2.52. The molecule has 0 amide bonds. The summed E-state index contributed by atoms with van der Waals surface area (Å²) in [6.45, 7) is 7.95. The molecule has 10 heteroatoms. The third kappa shape index (κ3) is 3.14. The zero-order chi connectivity index (χ0) is 18.6. The Labute approximate surface area is 152 Å². The molecule has 1 aromatic heterocycles. The Bertz CT molecular complexity index is 772. The van der Waals surface area contributed by atoms with E-state index in [1.165, 1.54) is 6.07 Å². The van der Waals surface area contributed by atoms with Gasteiger partial charge in [-0.25, -0.2) is 8.42 Å². The van der Waals surface area contributed by atoms with Gasteiger partial charge in [-0.1, -0.05) is 6.07 Å². The Balaban J connectivity index is 1.86. The van der Waals surface area contributed by atoms with Crippen molar-refractivity contribution in [3.05, 3.63) is 12.1 Å². The molecule has 2 aliphatic rings. The van der Waals surface area contributed by atoms with Crippen molar-refractivity contribution in [3.63, 3.8) is 0 Å². The lowest BCUT2D eigenvalue weighted by Gasteiger charge is -2.32. The van der Waals surface area contributed by atoms with Crippen LogP contribution in [-0.2, 0) is 24.1 Å². The van der Waals surface area contributed by atoms with Crippen LogP contribution in [0.1, 0.15) is 40.5 Å². The first kappa shape index (κ1) is 18.8. The number of hydrogen-bond donors (Lipinski definition) is 1. The van der Waals surface area contributed by atoms with E-state index in [2.05, 4.69) is 0 Å². The minimum Gasteiger partial charge on any atom is -0.480 e. The molecule has 1 aromatic rings. The Hall–Kier alpha value is -0.935. The average Bonchev–Trinajstić information content (AvgIpc) is 3.18. The number of thiophene rings is 1. The number of carboxylic acids is 1. The molecule has 0 radical (unpaired) electrons. The second kappa shape index (κ2) is 6.05. The van der Waals surface area contributed by atoms with Crippen molar-refractivity contribution < 1.29 is 27.6 Å². The molecule has 7 nitrogen and oxygen atoms in total. The Morgan fingerprint density at radius 2 is 1.88 bits per heavy atom. The van der Waals surface area contributed by atoms with Crippen molar-refractivity contribution in [1.82, 2.24) is 4.31 Å². The standard InChI is InChI=1S/C15H22BNO6S2/c1-14(2)15(3,4)23-16(22-14)11-7-8-12(24-11)25(20,21)17-9-5-6-10(17)13(18)19/h7-8,10H,5-6,9H2,1-4H3,(H,18,19)/t10-/m0/s1. The van der Waals surface area contributed by atoms with Gasteiger partial charge in [0.05, 0.1) is 11.2 Å². The molecule has 0 bridgehead atoms. The van der Waals surface area contributed by atoms with Crippen LogP contribution in [-0.4, -0.2) is 54.7 Å². The van der Waals surface area contributed by atoms with E-state index in [-0.39, 0.29) is 10.8 Å². The van der Waals surface area contributed by atoms with Crippen LogP contribution >= 0.6 is 11.3 Å². The first-order valence-corrected chi connectivity index (χ1v) is 10.4. The summed E-state index contributed by atoms with van der Waals surface area (Å²) in [6.07, 6.45) is 0.885. The summed E-state index contributed by atoms with van der Waals surface area (Å²) in [5.74, 6) is -1.11. The number of carbonyl (C=O) groups is 1. The summed E-state index contributed by atoms with van der Waals surface area (Å²) in [4.78, 5) is 11.3. The van der Waals surface area contributed by atoms with Crippen LogP contribution in [0.15, 0.2) is 16.3 Å². The van der Waals surface area contributed by atoms with Gasteiger partial charge in [0.1, 0.15) is 10.3 Å². The van der Waals surface area contributed by atoms with E-state index >= 15 is 0 Å². The van der Waals surface area contributed by atoms with Crippen LogP contribution in [0.25, 0.3) is 0 Å². The average molecular weight is 387 g/mol. The van der Waals surface area contributed by atoms with Crippen molar-refractivity contribution in [2.45, 2.75) is 62.0 Å². The largest absolute Gasteiger partial charge is 0.505 e. The van der Waals surface area contributed by atoms with Gasteiger partial charge in [-0.05, 0) is 46.6 Å². The molecule has 0 aliphatic carbocycles. The Morgan fingerprint density at radius 3 is 2.44 bits per heavy atom. The summed E-state index contributed by atoms with van der Waals surface area (Å²) in [5, 5.41) is 9.24. The molecule has 0 saturated carbocycles. The third-order valence-corrected chi connectivity index (χ3v) is 8.62. The first-order valence-electron chi connectivity index (χ1n) is 8.16. The number of sulfonamides is 1. The number of hydrogen-bond acceptors (Lipinski definition) is 6. The van der Waals surface area contributed by atoms with Crippen LogP contribution in [0.2, 0.25) is 0 Å². The highest BCUT2D eigenvalue weighted by Crippen LogP contribution is 2.37. The van der Waals surface area contributed by atoms with Gasteiger partial charge < -0.3 is 14.4 Å². The monoisotopic (exact) mass is 387 g/mol. The predicted octanol–water partition coefficient (Wildman–Crippen LogP) is 1.28. The van der Waals surface area contributed by atoms with Gasteiger partial charge in [0, 0.05) is 11.3 Å². The van der Waals surface area contributed by atoms with Crippen LogP contribution < -0.4 is 4.78 Å². The maximum absolute atomic E-state index is 12.8. The highest BCUT2D eigenvalue weighted by atomic mass is 32.2. The molecular weight excluding hydrogens is 365 g/mol. The van der Waals surface area contributed by atoms with E-state index in [1.54, 1.807) is 6.07 Å². The van der Waals surface area contributed by atoms with Crippen LogP contribution in [0, 0.1) is 0 Å². The number of aliphatic carboxylic acids is 1. The number of rotatable bonds is 4. The molecule has 3 rings (SSSR count). The second-order valence-electron chi connectivity index (χ2n) is 7.36. The molecular formula is C15H22BNO6S2. The molecule has 3 heterocycles. The molecule has 0 aromatic carbocycles. The van der Waals surface area contributed by atoms with E-state index in [0.717, 1.165) is 15.6 Å². The fourth-order valence-electron chi connectivity index (χ4n) is 2.95. The fourth-order valence-corrected chi connectivity index (χ4v) is 6.01. The van der Waals surface area contributed by atoms with Crippen LogP contribution in [0.4, 0.5) is 0 Å².